The van der Waals surface area contributed by atoms with E-state index in [2.05, 4.69) is 20.4 Å². The van der Waals surface area contributed by atoms with Crippen molar-refractivity contribution >= 4 is 5.97 Å². The van der Waals surface area contributed by atoms with Crippen molar-refractivity contribution in [1.29, 1.82) is 0 Å². The normalized spacial score (nSPS) is 14.6. The van der Waals surface area contributed by atoms with E-state index in [-0.39, 0.29) is 0 Å². The van der Waals surface area contributed by atoms with Gasteiger partial charge in [0.1, 0.15) is 0 Å². The standard InChI is InChI=1S/C9H18O.C8H8O3/c1-5-8(6-2)9(4,10)7-3;9-7(8(10)11)6-4-2-1-3-5-6/h7-8,10H,3,5-6H2,1-2,4H3;1-5,7,9H,(H,10,11). The van der Waals surface area contributed by atoms with Crippen LogP contribution in [0.15, 0.2) is 43.0 Å². The van der Waals surface area contributed by atoms with E-state index in [9.17, 15) is 9.90 Å². The number of hydrogen-bond acceptors (Lipinski definition) is 3. The molecule has 0 heterocycles. The highest BCUT2D eigenvalue weighted by Gasteiger charge is 2.24. The van der Waals surface area contributed by atoms with Gasteiger partial charge in [-0.2, -0.15) is 0 Å². The van der Waals surface area contributed by atoms with Crippen LogP contribution in [0.2, 0.25) is 0 Å². The first-order valence-corrected chi connectivity index (χ1v) is 7.11. The number of carboxylic acid groups (broad SMARTS) is 1. The van der Waals surface area contributed by atoms with Crippen LogP contribution in [0, 0.1) is 5.92 Å². The highest BCUT2D eigenvalue weighted by atomic mass is 16.4. The molecule has 0 aromatic heterocycles. The number of rotatable bonds is 6. The predicted molar refractivity (Wildman–Crippen MR) is 83.9 cm³/mol. The van der Waals surface area contributed by atoms with Gasteiger partial charge in [0, 0.05) is 0 Å². The number of carbonyl (C=O) groups is 1. The molecule has 0 amide bonds. The third-order valence-corrected chi connectivity index (χ3v) is 3.57. The molecule has 4 heteroatoms. The molecule has 1 rings (SSSR count). The van der Waals surface area contributed by atoms with Crippen LogP contribution in [0.5, 0.6) is 0 Å². The molecule has 0 saturated carbocycles. The van der Waals surface area contributed by atoms with Crippen LogP contribution in [-0.4, -0.2) is 26.9 Å². The predicted octanol–water partition coefficient (Wildman–Crippen LogP) is 3.16. The first kappa shape index (κ1) is 19.4. The molecular weight excluding hydrogens is 268 g/mol. The minimum Gasteiger partial charge on any atom is -0.479 e. The Labute approximate surface area is 126 Å². The van der Waals surface area contributed by atoms with E-state index in [1.807, 2.05) is 6.92 Å². The van der Waals surface area contributed by atoms with Crippen molar-refractivity contribution < 1.29 is 20.1 Å². The summed E-state index contributed by atoms with van der Waals surface area (Å²) in [7, 11) is 0. The minimum absolute atomic E-state index is 0.352. The summed E-state index contributed by atoms with van der Waals surface area (Å²) >= 11 is 0. The second kappa shape index (κ2) is 9.32. The van der Waals surface area contributed by atoms with Crippen LogP contribution in [0.4, 0.5) is 0 Å². The highest BCUT2D eigenvalue weighted by molar-refractivity contribution is 5.73. The van der Waals surface area contributed by atoms with Gasteiger partial charge in [-0.3, -0.25) is 0 Å². The van der Waals surface area contributed by atoms with Crippen LogP contribution in [0.25, 0.3) is 0 Å². The fourth-order valence-corrected chi connectivity index (χ4v) is 2.06. The van der Waals surface area contributed by atoms with Gasteiger partial charge >= 0.3 is 5.97 Å². The topological polar surface area (TPSA) is 77.8 Å². The van der Waals surface area contributed by atoms with E-state index < -0.39 is 17.7 Å². The largest absolute Gasteiger partial charge is 0.479 e. The first-order chi connectivity index (χ1) is 9.80. The lowest BCUT2D eigenvalue weighted by Crippen LogP contribution is -2.30. The smallest absolute Gasteiger partial charge is 0.337 e. The minimum atomic E-state index is -1.41. The number of carboxylic acids is 1. The summed E-state index contributed by atoms with van der Waals surface area (Å²) in [6.07, 6.45) is 2.24. The molecule has 21 heavy (non-hydrogen) atoms. The van der Waals surface area contributed by atoms with E-state index in [4.69, 9.17) is 10.2 Å². The van der Waals surface area contributed by atoms with Gasteiger partial charge in [0.05, 0.1) is 5.60 Å². The molecule has 3 N–H and O–H groups in total. The van der Waals surface area contributed by atoms with Gasteiger partial charge in [0.2, 0.25) is 0 Å². The fourth-order valence-electron chi connectivity index (χ4n) is 2.06. The maximum absolute atomic E-state index is 10.2. The number of aliphatic hydroxyl groups is 2. The summed E-state index contributed by atoms with van der Waals surface area (Å²) in [5.74, 6) is -0.874. The number of hydrogen-bond donors (Lipinski definition) is 3. The van der Waals surface area contributed by atoms with Crippen molar-refractivity contribution in [3.63, 3.8) is 0 Å². The lowest BCUT2D eigenvalue weighted by atomic mass is 9.85. The summed E-state index contributed by atoms with van der Waals surface area (Å²) in [4.78, 5) is 10.2. The maximum Gasteiger partial charge on any atom is 0.337 e. The second-order valence-corrected chi connectivity index (χ2v) is 5.09. The monoisotopic (exact) mass is 294 g/mol. The molecule has 2 unspecified atom stereocenters. The van der Waals surface area contributed by atoms with Crippen molar-refractivity contribution in [3.05, 3.63) is 48.6 Å². The van der Waals surface area contributed by atoms with Crippen LogP contribution in [-0.2, 0) is 4.79 Å². The number of aliphatic hydroxyl groups excluding tert-OH is 1. The Morgan fingerprint density at radius 3 is 2.05 bits per heavy atom. The Balaban J connectivity index is 0.000000384. The Morgan fingerprint density at radius 1 is 1.29 bits per heavy atom. The van der Waals surface area contributed by atoms with E-state index in [0.717, 1.165) is 12.8 Å². The van der Waals surface area contributed by atoms with Gasteiger partial charge in [0.15, 0.2) is 6.10 Å². The van der Waals surface area contributed by atoms with Gasteiger partial charge in [-0.15, -0.1) is 6.58 Å². The summed E-state index contributed by atoms with van der Waals surface area (Å²) in [6.45, 7) is 9.60. The Kier molecular flexibility index (Phi) is 8.58. The van der Waals surface area contributed by atoms with E-state index in [0.29, 0.717) is 11.5 Å². The molecule has 0 aliphatic carbocycles. The molecule has 0 saturated heterocycles. The molecule has 0 aliphatic heterocycles. The van der Waals surface area contributed by atoms with Gasteiger partial charge in [-0.25, -0.2) is 4.79 Å². The number of benzene rings is 1. The Morgan fingerprint density at radius 2 is 1.76 bits per heavy atom. The van der Waals surface area contributed by atoms with E-state index in [1.54, 1.807) is 36.4 Å². The molecule has 0 bridgehead atoms. The third-order valence-electron chi connectivity index (χ3n) is 3.57. The number of aliphatic carboxylic acids is 1. The molecule has 0 radical (unpaired) electrons. The van der Waals surface area contributed by atoms with Crippen molar-refractivity contribution in [3.8, 4) is 0 Å². The lowest BCUT2D eigenvalue weighted by molar-refractivity contribution is -0.146. The van der Waals surface area contributed by atoms with Crippen LogP contribution >= 0.6 is 0 Å². The van der Waals surface area contributed by atoms with Gasteiger partial charge < -0.3 is 15.3 Å². The molecule has 1 aromatic rings. The van der Waals surface area contributed by atoms with E-state index in [1.165, 1.54) is 0 Å². The zero-order valence-corrected chi connectivity index (χ0v) is 13.0. The summed E-state index contributed by atoms with van der Waals surface area (Å²) in [5, 5.41) is 27.0. The zero-order chi connectivity index (χ0) is 16.5. The first-order valence-electron chi connectivity index (χ1n) is 7.11. The molecule has 2 atom stereocenters. The molecular formula is C17H26O4. The van der Waals surface area contributed by atoms with E-state index >= 15 is 0 Å². The summed E-state index contributed by atoms with van der Waals surface area (Å²) in [6, 6.07) is 8.26. The molecule has 4 nitrogen and oxygen atoms in total. The maximum atomic E-state index is 10.2. The van der Waals surface area contributed by atoms with Crippen LogP contribution in [0.1, 0.15) is 45.3 Å². The SMILES string of the molecule is C=CC(C)(O)C(CC)CC.O=C(O)C(O)c1ccccc1. The average molecular weight is 294 g/mol. The molecule has 1 aromatic carbocycles. The molecule has 0 fully saturated rings. The molecule has 118 valence electrons. The van der Waals surface area contributed by atoms with Crippen LogP contribution < -0.4 is 0 Å². The Bertz CT molecular complexity index is 422. The van der Waals surface area contributed by atoms with Crippen molar-refractivity contribution in [2.75, 3.05) is 0 Å². The Hall–Kier alpha value is -1.65. The van der Waals surface area contributed by atoms with Crippen molar-refractivity contribution in [1.82, 2.24) is 0 Å². The summed E-state index contributed by atoms with van der Waals surface area (Å²) < 4.78 is 0. The van der Waals surface area contributed by atoms with Crippen molar-refractivity contribution in [2.45, 2.75) is 45.3 Å². The lowest BCUT2D eigenvalue weighted by Gasteiger charge is -2.27. The average Bonchev–Trinajstić information content (AvgIpc) is 2.49. The second-order valence-electron chi connectivity index (χ2n) is 5.09. The molecule has 0 spiro atoms. The highest BCUT2D eigenvalue weighted by Crippen LogP contribution is 2.24. The quantitative estimate of drug-likeness (QED) is 0.704. The van der Waals surface area contributed by atoms with Gasteiger partial charge in [0.25, 0.3) is 0 Å². The summed E-state index contributed by atoms with van der Waals surface area (Å²) in [5.41, 5.74) is -0.274. The zero-order valence-electron chi connectivity index (χ0n) is 13.0. The third kappa shape index (κ3) is 6.56. The van der Waals surface area contributed by atoms with Crippen molar-refractivity contribution in [2.24, 2.45) is 5.92 Å². The van der Waals surface area contributed by atoms with Gasteiger partial charge in [-0.1, -0.05) is 63.1 Å². The van der Waals surface area contributed by atoms with Gasteiger partial charge in [-0.05, 0) is 18.4 Å². The fraction of sp³-hybridized carbons (Fsp3) is 0.471. The van der Waals surface area contributed by atoms with Crippen LogP contribution in [0.3, 0.4) is 0 Å². The molecule has 0 aliphatic rings.